The monoisotopic (exact) mass is 239 g/mol. The summed E-state index contributed by atoms with van der Waals surface area (Å²) in [6.07, 6.45) is -0.0941. The molecule has 1 rings (SSSR count). The smallest absolute Gasteiger partial charge is 0.255 e. The van der Waals surface area contributed by atoms with Crippen LogP contribution in [0.1, 0.15) is 24.2 Å². The molecule has 1 amide bonds. The van der Waals surface area contributed by atoms with E-state index in [0.717, 1.165) is 0 Å². The number of hydrogen-bond acceptors (Lipinski definition) is 4. The number of rotatable bonds is 5. The molecule has 94 valence electrons. The van der Waals surface area contributed by atoms with Crippen molar-refractivity contribution >= 4 is 5.91 Å². The number of nitrogens with one attached hydrogen (secondary N) is 1. The summed E-state index contributed by atoms with van der Waals surface area (Å²) in [6, 6.07) is 3.81. The van der Waals surface area contributed by atoms with Crippen molar-refractivity contribution in [3.63, 3.8) is 0 Å². The Morgan fingerprint density at radius 1 is 1.47 bits per heavy atom. The molecule has 1 unspecified atom stereocenters. The first kappa shape index (κ1) is 13.3. The summed E-state index contributed by atoms with van der Waals surface area (Å²) in [5.41, 5.74) is 0.0497. The van der Waals surface area contributed by atoms with Crippen LogP contribution in [0, 0.1) is 0 Å². The van der Waals surface area contributed by atoms with Crippen LogP contribution < -0.4 is 5.32 Å². The molecule has 17 heavy (non-hydrogen) atoms. The zero-order valence-corrected chi connectivity index (χ0v) is 9.93. The van der Waals surface area contributed by atoms with E-state index in [1.807, 2.05) is 13.8 Å². The van der Waals surface area contributed by atoms with Gasteiger partial charge in [-0.3, -0.25) is 4.79 Å². The molecule has 0 saturated heterocycles. The van der Waals surface area contributed by atoms with E-state index >= 15 is 0 Å². The van der Waals surface area contributed by atoms with Gasteiger partial charge in [0.05, 0.1) is 11.7 Å². The number of amides is 1. The molecule has 0 fully saturated rings. The van der Waals surface area contributed by atoms with Gasteiger partial charge < -0.3 is 20.3 Å². The van der Waals surface area contributed by atoms with Crippen LogP contribution in [-0.4, -0.2) is 35.4 Å². The van der Waals surface area contributed by atoms with Gasteiger partial charge in [-0.05, 0) is 32.0 Å². The maximum Gasteiger partial charge on any atom is 0.255 e. The lowest BCUT2D eigenvalue weighted by atomic mass is 10.1. The Balaban J connectivity index is 2.61. The van der Waals surface area contributed by atoms with Crippen LogP contribution in [-0.2, 0) is 4.74 Å². The number of aromatic hydroxyl groups is 2. The van der Waals surface area contributed by atoms with Gasteiger partial charge in [-0.15, -0.1) is 0 Å². The van der Waals surface area contributed by atoms with Crippen molar-refractivity contribution in [3.05, 3.63) is 23.8 Å². The molecular weight excluding hydrogens is 222 g/mol. The van der Waals surface area contributed by atoms with E-state index in [-0.39, 0.29) is 23.2 Å². The summed E-state index contributed by atoms with van der Waals surface area (Å²) < 4.78 is 5.26. The van der Waals surface area contributed by atoms with E-state index in [4.69, 9.17) is 4.74 Å². The molecule has 0 saturated carbocycles. The molecule has 0 radical (unpaired) electrons. The van der Waals surface area contributed by atoms with Crippen LogP contribution in [0.5, 0.6) is 11.5 Å². The van der Waals surface area contributed by atoms with E-state index < -0.39 is 5.91 Å². The molecule has 0 aliphatic carbocycles. The van der Waals surface area contributed by atoms with Gasteiger partial charge >= 0.3 is 0 Å². The normalized spacial score (nSPS) is 12.1. The first-order chi connectivity index (χ1) is 8.04. The van der Waals surface area contributed by atoms with E-state index in [2.05, 4.69) is 5.32 Å². The fraction of sp³-hybridized carbons (Fsp3) is 0.417. The average Bonchev–Trinajstić information content (AvgIpc) is 2.29. The van der Waals surface area contributed by atoms with E-state index in [9.17, 15) is 15.0 Å². The third-order valence-corrected chi connectivity index (χ3v) is 2.23. The number of benzene rings is 1. The van der Waals surface area contributed by atoms with Crippen molar-refractivity contribution in [1.29, 1.82) is 0 Å². The molecule has 5 heteroatoms. The summed E-state index contributed by atoms with van der Waals surface area (Å²) >= 11 is 0. The van der Waals surface area contributed by atoms with E-state index in [1.165, 1.54) is 18.2 Å². The van der Waals surface area contributed by atoms with Gasteiger partial charge in [0.2, 0.25) is 0 Å². The third kappa shape index (κ3) is 3.96. The lowest BCUT2D eigenvalue weighted by Crippen LogP contribution is -2.32. The molecular formula is C12H17NO4. The number of carbonyl (C=O) groups excluding carboxylic acids is 1. The Morgan fingerprint density at radius 3 is 2.82 bits per heavy atom. The second-order valence-corrected chi connectivity index (χ2v) is 3.68. The third-order valence-electron chi connectivity index (χ3n) is 2.23. The Kier molecular flexibility index (Phi) is 4.78. The standard InChI is InChI=1S/C12H17NO4/c1-3-17-8(2)7-13-12(16)10-6-9(14)4-5-11(10)15/h4-6,8,14-15H,3,7H2,1-2H3,(H,13,16). The summed E-state index contributed by atoms with van der Waals surface area (Å²) in [6.45, 7) is 4.64. The van der Waals surface area contributed by atoms with E-state index in [1.54, 1.807) is 0 Å². The minimum Gasteiger partial charge on any atom is -0.508 e. The fourth-order valence-corrected chi connectivity index (χ4v) is 1.38. The minimum atomic E-state index is -0.440. The van der Waals surface area contributed by atoms with Gasteiger partial charge in [0.15, 0.2) is 0 Å². The van der Waals surface area contributed by atoms with Crippen LogP contribution in [0.2, 0.25) is 0 Å². The van der Waals surface area contributed by atoms with Crippen LogP contribution in [0.3, 0.4) is 0 Å². The Bertz CT molecular complexity index is 392. The molecule has 5 nitrogen and oxygen atoms in total. The predicted molar refractivity (Wildman–Crippen MR) is 63.2 cm³/mol. The van der Waals surface area contributed by atoms with Crippen molar-refractivity contribution in [2.45, 2.75) is 20.0 Å². The highest BCUT2D eigenvalue weighted by atomic mass is 16.5. The second-order valence-electron chi connectivity index (χ2n) is 3.68. The number of hydrogen-bond donors (Lipinski definition) is 3. The molecule has 0 heterocycles. The van der Waals surface area contributed by atoms with Crippen molar-refractivity contribution in [3.8, 4) is 11.5 Å². The average molecular weight is 239 g/mol. The number of ether oxygens (including phenoxy) is 1. The lowest BCUT2D eigenvalue weighted by molar-refractivity contribution is 0.0694. The largest absolute Gasteiger partial charge is 0.508 e. The molecule has 1 atom stereocenters. The topological polar surface area (TPSA) is 78.8 Å². The lowest BCUT2D eigenvalue weighted by Gasteiger charge is -2.13. The zero-order valence-electron chi connectivity index (χ0n) is 9.93. The highest BCUT2D eigenvalue weighted by Crippen LogP contribution is 2.21. The molecule has 3 N–H and O–H groups in total. The molecule has 0 aliphatic rings. The summed E-state index contributed by atoms with van der Waals surface area (Å²) in [7, 11) is 0. The highest BCUT2D eigenvalue weighted by Gasteiger charge is 2.12. The Labute approximate surface area is 100 Å². The zero-order chi connectivity index (χ0) is 12.8. The second kappa shape index (κ2) is 6.10. The van der Waals surface area contributed by atoms with Gasteiger partial charge in [-0.25, -0.2) is 0 Å². The molecule has 0 bridgehead atoms. The molecule has 1 aromatic carbocycles. The maximum absolute atomic E-state index is 11.7. The quantitative estimate of drug-likeness (QED) is 0.676. The summed E-state index contributed by atoms with van der Waals surface area (Å²) in [4.78, 5) is 11.7. The Hall–Kier alpha value is -1.75. The van der Waals surface area contributed by atoms with Crippen LogP contribution >= 0.6 is 0 Å². The maximum atomic E-state index is 11.7. The first-order valence-electron chi connectivity index (χ1n) is 5.46. The van der Waals surface area contributed by atoms with Gasteiger partial charge in [0.1, 0.15) is 11.5 Å². The van der Waals surface area contributed by atoms with Gasteiger partial charge in [0, 0.05) is 13.2 Å². The molecule has 0 aromatic heterocycles. The van der Waals surface area contributed by atoms with Crippen LogP contribution in [0.15, 0.2) is 18.2 Å². The predicted octanol–water partition coefficient (Wildman–Crippen LogP) is 1.25. The van der Waals surface area contributed by atoms with Crippen molar-refractivity contribution in [2.24, 2.45) is 0 Å². The van der Waals surface area contributed by atoms with Crippen molar-refractivity contribution < 1.29 is 19.7 Å². The summed E-state index contributed by atoms with van der Waals surface area (Å²) in [5.74, 6) is -0.667. The van der Waals surface area contributed by atoms with Crippen LogP contribution in [0.4, 0.5) is 0 Å². The van der Waals surface area contributed by atoms with E-state index in [0.29, 0.717) is 13.2 Å². The molecule has 1 aromatic rings. The van der Waals surface area contributed by atoms with Gasteiger partial charge in [-0.1, -0.05) is 0 Å². The number of phenols is 2. The fourth-order valence-electron chi connectivity index (χ4n) is 1.38. The number of phenolic OH excluding ortho intramolecular Hbond substituents is 2. The SMILES string of the molecule is CCOC(C)CNC(=O)c1cc(O)ccc1O. The Morgan fingerprint density at radius 2 is 2.18 bits per heavy atom. The summed E-state index contributed by atoms with van der Waals surface area (Å²) in [5, 5.41) is 21.3. The van der Waals surface area contributed by atoms with Gasteiger partial charge in [-0.2, -0.15) is 0 Å². The molecule has 0 spiro atoms. The highest BCUT2D eigenvalue weighted by molar-refractivity contribution is 5.97. The van der Waals surface area contributed by atoms with Crippen molar-refractivity contribution in [1.82, 2.24) is 5.32 Å². The number of carbonyl (C=O) groups is 1. The van der Waals surface area contributed by atoms with Gasteiger partial charge in [0.25, 0.3) is 5.91 Å². The van der Waals surface area contributed by atoms with Crippen molar-refractivity contribution in [2.75, 3.05) is 13.2 Å². The molecule has 0 aliphatic heterocycles. The van der Waals surface area contributed by atoms with Crippen LogP contribution in [0.25, 0.3) is 0 Å². The minimum absolute atomic E-state index is 0.0497. The first-order valence-corrected chi connectivity index (χ1v) is 5.46.